The van der Waals surface area contributed by atoms with Crippen molar-refractivity contribution in [3.05, 3.63) is 35.8 Å². The normalized spacial score (nSPS) is 34.6. The molecule has 39 heavy (non-hydrogen) atoms. The van der Waals surface area contributed by atoms with Crippen LogP contribution in [-0.2, 0) is 9.47 Å². The molecule has 0 spiro atoms. The molecule has 11 nitrogen and oxygen atoms in total. The first-order valence-corrected chi connectivity index (χ1v) is 14.2. The molecule has 5 atom stereocenters. The van der Waals surface area contributed by atoms with Crippen molar-refractivity contribution < 1.29 is 19.3 Å². The monoisotopic (exact) mass is 539 g/mol. The molecule has 4 aliphatic heterocycles. The molecule has 0 radical (unpaired) electrons. The molecule has 3 N–H and O–H groups in total. The molecular formula is C28H41N7O4. The van der Waals surface area contributed by atoms with E-state index in [2.05, 4.69) is 46.0 Å². The van der Waals surface area contributed by atoms with Gasteiger partial charge in [-0.25, -0.2) is 4.99 Å². The zero-order valence-corrected chi connectivity index (χ0v) is 23.0. The van der Waals surface area contributed by atoms with Crippen molar-refractivity contribution in [1.82, 2.24) is 19.6 Å². The molecule has 3 unspecified atom stereocenters. The fourth-order valence-electron chi connectivity index (χ4n) is 6.16. The number of hydrogen-bond acceptors (Lipinski definition) is 10. The molecule has 11 heteroatoms. The number of aromatic nitrogens is 2. The largest absolute Gasteiger partial charge is 0.462 e. The summed E-state index contributed by atoms with van der Waals surface area (Å²) in [5.41, 5.74) is 8.19. The van der Waals surface area contributed by atoms with E-state index in [0.717, 1.165) is 50.2 Å². The van der Waals surface area contributed by atoms with Gasteiger partial charge in [0.25, 0.3) is 0 Å². The number of likely N-dealkylation sites (tertiary alicyclic amines) is 1. The van der Waals surface area contributed by atoms with Gasteiger partial charge in [0.05, 0.1) is 44.0 Å². The Kier molecular flexibility index (Phi) is 7.60. The third-order valence-corrected chi connectivity index (χ3v) is 8.63. The molecule has 0 aromatic carbocycles. The summed E-state index contributed by atoms with van der Waals surface area (Å²) in [4.78, 5) is 14.2. The van der Waals surface area contributed by atoms with E-state index in [1.54, 1.807) is 12.4 Å². The lowest BCUT2D eigenvalue weighted by Crippen LogP contribution is -2.45. The van der Waals surface area contributed by atoms with Crippen LogP contribution >= 0.6 is 0 Å². The first-order valence-electron chi connectivity index (χ1n) is 14.2. The van der Waals surface area contributed by atoms with E-state index in [4.69, 9.17) is 24.9 Å². The van der Waals surface area contributed by atoms with Gasteiger partial charge in [-0.15, -0.1) is 0 Å². The van der Waals surface area contributed by atoms with E-state index in [1.165, 1.54) is 5.70 Å². The number of nitrogens with zero attached hydrogens (tertiary/aromatic N) is 6. The van der Waals surface area contributed by atoms with Crippen molar-refractivity contribution >= 4 is 11.9 Å². The Morgan fingerprint density at radius 2 is 2.03 bits per heavy atom. The lowest BCUT2D eigenvalue weighted by Gasteiger charge is -2.40. The predicted molar refractivity (Wildman–Crippen MR) is 148 cm³/mol. The Bertz CT molecular complexity index is 1150. The molecule has 3 saturated heterocycles. The van der Waals surface area contributed by atoms with Crippen molar-refractivity contribution in [3.63, 3.8) is 0 Å². The molecule has 212 valence electrons. The van der Waals surface area contributed by atoms with E-state index in [1.807, 2.05) is 10.9 Å². The number of hydrogen-bond donors (Lipinski definition) is 2. The summed E-state index contributed by atoms with van der Waals surface area (Å²) in [5, 5.41) is 16.0. The second kappa shape index (κ2) is 11.1. The average molecular weight is 540 g/mol. The molecule has 0 saturated carbocycles. The summed E-state index contributed by atoms with van der Waals surface area (Å²) in [6, 6.07) is 0.631. The third-order valence-electron chi connectivity index (χ3n) is 8.63. The number of morpholine rings is 1. The molecule has 6 rings (SSSR count). The minimum Gasteiger partial charge on any atom is -0.462 e. The van der Waals surface area contributed by atoms with Crippen molar-refractivity contribution in [2.24, 2.45) is 21.6 Å². The first kappa shape index (κ1) is 26.6. The van der Waals surface area contributed by atoms with Crippen molar-refractivity contribution in [3.8, 4) is 5.75 Å². The molecule has 1 aliphatic carbocycles. The van der Waals surface area contributed by atoms with Gasteiger partial charge in [-0.3, -0.25) is 9.67 Å². The van der Waals surface area contributed by atoms with Crippen LogP contribution in [0.1, 0.15) is 38.6 Å². The van der Waals surface area contributed by atoms with Crippen molar-refractivity contribution in [1.29, 1.82) is 0 Å². The van der Waals surface area contributed by atoms with Gasteiger partial charge in [0.2, 0.25) is 6.23 Å². The minimum atomic E-state index is -0.999. The molecule has 3 fully saturated rings. The van der Waals surface area contributed by atoms with Crippen molar-refractivity contribution in [2.45, 2.75) is 62.7 Å². The molecule has 5 aliphatic rings. The van der Waals surface area contributed by atoms with Gasteiger partial charge < -0.3 is 34.9 Å². The maximum Gasteiger partial charge on any atom is 0.225 e. The number of rotatable bonds is 6. The zero-order valence-electron chi connectivity index (χ0n) is 23.0. The quantitative estimate of drug-likeness (QED) is 0.556. The third kappa shape index (κ3) is 5.69. The van der Waals surface area contributed by atoms with Gasteiger partial charge in [-0.05, 0) is 58.0 Å². The molecule has 1 aromatic rings. The van der Waals surface area contributed by atoms with Gasteiger partial charge in [0, 0.05) is 43.4 Å². The summed E-state index contributed by atoms with van der Waals surface area (Å²) in [6.07, 6.45) is 11.9. The predicted octanol–water partition coefficient (Wildman–Crippen LogP) is 1.37. The standard InChI is InChI=1S/C28H41N7O4/c1-19-17-37-10-8-34(19)23-12-20(11-21(13-23)28(36)5-9-38-18-28)25-15-30-26(29)27(32-25)39-24-14-31-35(16-24)22-3-6-33(2)7-4-22/h11,13-16,19-20,22,26-27,36H,3-10,12,17-18,29H2,1-2H3/t19-,20?,26?,27?,28+/m1/s1. The average Bonchev–Trinajstić information content (AvgIpc) is 3.60. The molecule has 1 aromatic heterocycles. The topological polar surface area (TPSA) is 123 Å². The highest BCUT2D eigenvalue weighted by molar-refractivity contribution is 6.32. The Labute approximate surface area is 230 Å². The Balaban J connectivity index is 1.22. The zero-order chi connectivity index (χ0) is 27.0. The van der Waals surface area contributed by atoms with Crippen LogP contribution in [0.25, 0.3) is 0 Å². The number of ether oxygens (including phenoxy) is 3. The highest BCUT2D eigenvalue weighted by atomic mass is 16.5. The Morgan fingerprint density at radius 1 is 1.18 bits per heavy atom. The SMILES string of the molecule is C[C@@H]1COCCN1C1=CC([C@]2(O)CCOC2)=CC(C2=NC(Oc3cnn(C4CCN(C)CC4)c3)C(N)N=C2)C1. The highest BCUT2D eigenvalue weighted by Gasteiger charge is 2.39. The number of aliphatic hydroxyl groups is 1. The van der Waals surface area contributed by atoms with E-state index in [0.29, 0.717) is 44.6 Å². The molecular weight excluding hydrogens is 498 g/mol. The van der Waals surface area contributed by atoms with Crippen LogP contribution in [0.2, 0.25) is 0 Å². The second-order valence-corrected chi connectivity index (χ2v) is 11.5. The lowest BCUT2D eigenvalue weighted by atomic mass is 9.81. The van der Waals surface area contributed by atoms with Crippen LogP contribution < -0.4 is 10.5 Å². The summed E-state index contributed by atoms with van der Waals surface area (Å²) >= 11 is 0. The van der Waals surface area contributed by atoms with Crippen LogP contribution in [0.4, 0.5) is 0 Å². The van der Waals surface area contributed by atoms with Crippen molar-refractivity contribution in [2.75, 3.05) is 53.1 Å². The number of piperidine rings is 1. The summed E-state index contributed by atoms with van der Waals surface area (Å²) in [7, 11) is 2.15. The molecule has 5 heterocycles. The number of aliphatic imine (C=N–C) groups is 2. The first-order chi connectivity index (χ1) is 18.9. The summed E-state index contributed by atoms with van der Waals surface area (Å²) in [6.45, 7) is 7.35. The molecule has 0 amide bonds. The van der Waals surface area contributed by atoms with E-state index in [-0.39, 0.29) is 12.0 Å². The smallest absolute Gasteiger partial charge is 0.225 e. The highest BCUT2D eigenvalue weighted by Crippen LogP contribution is 2.37. The second-order valence-electron chi connectivity index (χ2n) is 11.5. The number of nitrogens with two attached hydrogens (primary N) is 1. The van der Waals surface area contributed by atoms with Gasteiger partial charge >= 0.3 is 0 Å². The Hall–Kier alpha value is -2.57. The summed E-state index contributed by atoms with van der Waals surface area (Å²) < 4.78 is 19.5. The van der Waals surface area contributed by atoms with Gasteiger partial charge in [-0.1, -0.05) is 6.08 Å². The van der Waals surface area contributed by atoms with E-state index < -0.39 is 18.0 Å². The van der Waals surface area contributed by atoms with Crippen LogP contribution in [0.5, 0.6) is 5.75 Å². The number of allylic oxidation sites excluding steroid dienone is 2. The van der Waals surface area contributed by atoms with Crippen LogP contribution in [0.3, 0.4) is 0 Å². The maximum absolute atomic E-state index is 11.4. The van der Waals surface area contributed by atoms with E-state index >= 15 is 0 Å². The Morgan fingerprint density at radius 3 is 2.79 bits per heavy atom. The maximum atomic E-state index is 11.4. The van der Waals surface area contributed by atoms with Gasteiger partial charge in [0.15, 0.2) is 11.9 Å². The minimum absolute atomic E-state index is 0.0658. The fourth-order valence-corrected chi connectivity index (χ4v) is 6.16. The lowest BCUT2D eigenvalue weighted by molar-refractivity contribution is 0.0141. The van der Waals surface area contributed by atoms with E-state index in [9.17, 15) is 5.11 Å². The molecule has 0 bridgehead atoms. The van der Waals surface area contributed by atoms with Crippen LogP contribution in [-0.4, -0.2) is 114 Å². The van der Waals surface area contributed by atoms with Crippen LogP contribution in [0, 0.1) is 5.92 Å². The fraction of sp³-hybridized carbons (Fsp3) is 0.679. The summed E-state index contributed by atoms with van der Waals surface area (Å²) in [5.74, 6) is 0.582. The van der Waals surface area contributed by atoms with Gasteiger partial charge in [0.1, 0.15) is 5.60 Å². The van der Waals surface area contributed by atoms with Crippen LogP contribution in [0.15, 0.2) is 45.8 Å². The van der Waals surface area contributed by atoms with Gasteiger partial charge in [-0.2, -0.15) is 5.10 Å².